The molecule has 0 spiro atoms. The predicted molar refractivity (Wildman–Crippen MR) is 70.6 cm³/mol. The second-order valence-corrected chi connectivity index (χ2v) is 4.71. The largest absolute Gasteiger partial charge is 0.330 e. The maximum Gasteiger partial charge on any atom is 0.207 e. The van der Waals surface area contributed by atoms with Crippen LogP contribution in [0, 0.1) is 0 Å². The van der Waals surface area contributed by atoms with Gasteiger partial charge in [0.15, 0.2) is 0 Å². The van der Waals surface area contributed by atoms with Gasteiger partial charge in [0.05, 0.1) is 0 Å². The van der Waals surface area contributed by atoms with E-state index in [-0.39, 0.29) is 0 Å². The summed E-state index contributed by atoms with van der Waals surface area (Å²) < 4.78 is 4.23. The van der Waals surface area contributed by atoms with E-state index in [2.05, 4.69) is 21.3 Å². The van der Waals surface area contributed by atoms with Crippen LogP contribution < -0.4 is 5.32 Å². The number of nitrogens with zero attached hydrogens (tertiary/aromatic N) is 2. The molecule has 3 nitrogen and oxygen atoms in total. The molecule has 16 heavy (non-hydrogen) atoms. The SMILES string of the molecule is C=CCSc1nsc(Nc2ccccc2)n1. The molecule has 1 aromatic carbocycles. The van der Waals surface area contributed by atoms with Gasteiger partial charge < -0.3 is 5.32 Å². The molecular formula is C11H11N3S2. The molecule has 0 aliphatic carbocycles. The van der Waals surface area contributed by atoms with E-state index in [4.69, 9.17) is 0 Å². The average molecular weight is 249 g/mol. The number of hydrogen-bond acceptors (Lipinski definition) is 5. The van der Waals surface area contributed by atoms with Crippen molar-refractivity contribution >= 4 is 34.1 Å². The molecule has 0 radical (unpaired) electrons. The third-order valence-electron chi connectivity index (χ3n) is 1.76. The topological polar surface area (TPSA) is 37.8 Å². The molecule has 2 rings (SSSR count). The lowest BCUT2D eigenvalue weighted by Crippen LogP contribution is -1.88. The summed E-state index contributed by atoms with van der Waals surface area (Å²) in [5.41, 5.74) is 1.03. The maximum atomic E-state index is 4.35. The molecule has 82 valence electrons. The van der Waals surface area contributed by atoms with E-state index in [0.29, 0.717) is 0 Å². The van der Waals surface area contributed by atoms with E-state index >= 15 is 0 Å². The fourth-order valence-electron chi connectivity index (χ4n) is 1.10. The Balaban J connectivity index is 2.00. The first-order valence-corrected chi connectivity index (χ1v) is 6.54. The van der Waals surface area contributed by atoms with Gasteiger partial charge in [-0.05, 0) is 12.1 Å². The fraction of sp³-hybridized carbons (Fsp3) is 0.0909. The van der Waals surface area contributed by atoms with Crippen LogP contribution in [0.15, 0.2) is 48.1 Å². The highest BCUT2D eigenvalue weighted by molar-refractivity contribution is 7.99. The van der Waals surface area contributed by atoms with E-state index < -0.39 is 0 Å². The van der Waals surface area contributed by atoms with Gasteiger partial charge in [0, 0.05) is 23.0 Å². The third-order valence-corrected chi connectivity index (χ3v) is 3.35. The molecular weight excluding hydrogens is 238 g/mol. The van der Waals surface area contributed by atoms with Crippen molar-refractivity contribution in [1.29, 1.82) is 0 Å². The van der Waals surface area contributed by atoms with Crippen molar-refractivity contribution in [3.8, 4) is 0 Å². The summed E-state index contributed by atoms with van der Waals surface area (Å²) in [5, 5.41) is 4.82. The van der Waals surface area contributed by atoms with Crippen molar-refractivity contribution in [2.45, 2.75) is 5.16 Å². The Morgan fingerprint density at radius 3 is 2.94 bits per heavy atom. The molecule has 0 amide bonds. The molecule has 0 bridgehead atoms. The number of nitrogens with one attached hydrogen (secondary N) is 1. The number of para-hydroxylation sites is 1. The highest BCUT2D eigenvalue weighted by atomic mass is 32.2. The minimum atomic E-state index is 0.795. The van der Waals surface area contributed by atoms with Gasteiger partial charge in [-0.2, -0.15) is 9.36 Å². The monoisotopic (exact) mass is 249 g/mol. The fourth-order valence-corrected chi connectivity index (χ4v) is 2.40. The van der Waals surface area contributed by atoms with Gasteiger partial charge in [0.2, 0.25) is 10.3 Å². The van der Waals surface area contributed by atoms with Crippen molar-refractivity contribution in [2.24, 2.45) is 0 Å². The van der Waals surface area contributed by atoms with E-state index in [1.54, 1.807) is 11.8 Å². The van der Waals surface area contributed by atoms with Gasteiger partial charge in [0.25, 0.3) is 0 Å². The summed E-state index contributed by atoms with van der Waals surface area (Å²) in [7, 11) is 0. The van der Waals surface area contributed by atoms with Crippen LogP contribution in [0.25, 0.3) is 0 Å². The second kappa shape index (κ2) is 5.67. The number of hydrogen-bond donors (Lipinski definition) is 1. The molecule has 0 aliphatic heterocycles. The Hall–Kier alpha value is -1.33. The Labute approximate surface area is 103 Å². The second-order valence-electron chi connectivity index (χ2n) is 2.97. The van der Waals surface area contributed by atoms with Crippen molar-refractivity contribution in [3.63, 3.8) is 0 Å². The van der Waals surface area contributed by atoms with Gasteiger partial charge in [-0.25, -0.2) is 0 Å². The lowest BCUT2D eigenvalue weighted by atomic mass is 10.3. The van der Waals surface area contributed by atoms with Crippen molar-refractivity contribution < 1.29 is 0 Å². The molecule has 1 heterocycles. The Morgan fingerprint density at radius 1 is 1.38 bits per heavy atom. The summed E-state index contributed by atoms with van der Waals surface area (Å²) in [6, 6.07) is 9.94. The van der Waals surface area contributed by atoms with Gasteiger partial charge in [-0.1, -0.05) is 36.0 Å². The van der Waals surface area contributed by atoms with Crippen LogP contribution in [0.1, 0.15) is 0 Å². The summed E-state index contributed by atoms with van der Waals surface area (Å²) in [6.07, 6.45) is 1.84. The predicted octanol–water partition coefficient (Wildman–Crippen LogP) is 3.56. The van der Waals surface area contributed by atoms with Gasteiger partial charge in [-0.3, -0.25) is 0 Å². The van der Waals surface area contributed by atoms with Crippen LogP contribution >= 0.6 is 23.3 Å². The maximum absolute atomic E-state index is 4.35. The number of rotatable bonds is 5. The lowest BCUT2D eigenvalue weighted by molar-refractivity contribution is 1.08. The molecule has 0 aliphatic rings. The number of thioether (sulfide) groups is 1. The number of anilines is 2. The average Bonchev–Trinajstić information content (AvgIpc) is 2.75. The van der Waals surface area contributed by atoms with Crippen LogP contribution in [0.2, 0.25) is 0 Å². The molecule has 0 atom stereocenters. The third kappa shape index (κ3) is 3.08. The molecule has 2 aromatic rings. The zero-order chi connectivity index (χ0) is 11.2. The van der Waals surface area contributed by atoms with Crippen LogP contribution in [0.3, 0.4) is 0 Å². The van der Waals surface area contributed by atoms with E-state index in [0.717, 1.165) is 21.7 Å². The molecule has 5 heteroatoms. The summed E-state index contributed by atoms with van der Waals surface area (Å²) in [4.78, 5) is 4.35. The Kier molecular flexibility index (Phi) is 3.96. The van der Waals surface area contributed by atoms with Crippen LogP contribution in [-0.4, -0.2) is 15.1 Å². The normalized spacial score (nSPS) is 10.0. The molecule has 0 saturated carbocycles. The zero-order valence-corrected chi connectivity index (χ0v) is 10.2. The van der Waals surface area contributed by atoms with Crippen LogP contribution in [0.5, 0.6) is 0 Å². The summed E-state index contributed by atoms with van der Waals surface area (Å²) in [5.74, 6) is 0.835. The summed E-state index contributed by atoms with van der Waals surface area (Å²) >= 11 is 2.95. The number of aromatic nitrogens is 2. The molecule has 0 fully saturated rings. The van der Waals surface area contributed by atoms with E-state index in [9.17, 15) is 0 Å². The highest BCUT2D eigenvalue weighted by Crippen LogP contribution is 2.22. The first kappa shape index (κ1) is 11.2. The smallest absolute Gasteiger partial charge is 0.207 e. The quantitative estimate of drug-likeness (QED) is 0.649. The molecule has 1 aromatic heterocycles. The first-order valence-electron chi connectivity index (χ1n) is 4.78. The molecule has 0 saturated heterocycles. The minimum Gasteiger partial charge on any atom is -0.330 e. The van der Waals surface area contributed by atoms with Gasteiger partial charge in [-0.15, -0.1) is 6.58 Å². The summed E-state index contributed by atoms with van der Waals surface area (Å²) in [6.45, 7) is 3.66. The van der Waals surface area contributed by atoms with Crippen molar-refractivity contribution in [1.82, 2.24) is 9.36 Å². The van der Waals surface area contributed by atoms with Crippen molar-refractivity contribution in [2.75, 3.05) is 11.1 Å². The first-order chi connectivity index (χ1) is 7.88. The van der Waals surface area contributed by atoms with E-state index in [1.165, 1.54) is 11.5 Å². The molecule has 0 unspecified atom stereocenters. The van der Waals surface area contributed by atoms with E-state index in [1.807, 2.05) is 36.4 Å². The Bertz CT molecular complexity index is 453. The number of benzene rings is 1. The minimum absolute atomic E-state index is 0.795. The highest BCUT2D eigenvalue weighted by Gasteiger charge is 2.03. The van der Waals surface area contributed by atoms with Crippen LogP contribution in [-0.2, 0) is 0 Å². The molecule has 1 N–H and O–H groups in total. The van der Waals surface area contributed by atoms with Gasteiger partial charge in [0.1, 0.15) is 0 Å². The Morgan fingerprint density at radius 2 is 2.19 bits per heavy atom. The zero-order valence-electron chi connectivity index (χ0n) is 8.59. The standard InChI is InChI=1S/C11H11N3S2/c1-2-8-15-11-13-10(16-14-11)12-9-6-4-3-5-7-9/h2-7H,1,8H2,(H,12,13,14). The van der Waals surface area contributed by atoms with Crippen molar-refractivity contribution in [3.05, 3.63) is 43.0 Å². The lowest BCUT2D eigenvalue weighted by Gasteiger charge is -1.99. The van der Waals surface area contributed by atoms with Crippen LogP contribution in [0.4, 0.5) is 10.8 Å². The van der Waals surface area contributed by atoms with Gasteiger partial charge >= 0.3 is 0 Å².